The summed E-state index contributed by atoms with van der Waals surface area (Å²) in [7, 11) is 0. The molecule has 34 heavy (non-hydrogen) atoms. The number of oxime groups is 1. The molecule has 0 atom stereocenters. The van der Waals surface area contributed by atoms with E-state index in [0.717, 1.165) is 46.3 Å². The molecule has 0 amide bonds. The molecule has 0 saturated carbocycles. The highest BCUT2D eigenvalue weighted by atomic mass is 32.2. The highest BCUT2D eigenvalue weighted by molar-refractivity contribution is 7.99. The number of aromatic nitrogens is 2. The Morgan fingerprint density at radius 3 is 2.74 bits per heavy atom. The molecule has 2 aromatic carbocycles. The van der Waals surface area contributed by atoms with Gasteiger partial charge in [0.15, 0.2) is 6.61 Å². The van der Waals surface area contributed by atoms with Gasteiger partial charge in [-0.2, -0.15) is 5.10 Å². The van der Waals surface area contributed by atoms with Crippen LogP contribution in [-0.2, 0) is 16.1 Å². The van der Waals surface area contributed by atoms with Crippen LogP contribution in [0.5, 0.6) is 5.75 Å². The Morgan fingerprint density at radius 1 is 1.18 bits per heavy atom. The lowest BCUT2D eigenvalue weighted by Crippen LogP contribution is -2.28. The van der Waals surface area contributed by atoms with E-state index in [-0.39, 0.29) is 13.0 Å². The van der Waals surface area contributed by atoms with Crippen LogP contribution < -0.4 is 4.74 Å². The largest absolute Gasteiger partial charge is 0.490 e. The molecule has 1 aliphatic heterocycles. The standard InChI is InChI=1S/C25H28N4O4S/c1-19-21(16-25(30)31)4-2-5-24(19)32-13-14-33-27-23(17-28-12-15-34-18-28)20-6-8-22(9-7-20)29-11-3-10-26-29/h2-11H,12-18H2,1H3,(H,30,31). The van der Waals surface area contributed by atoms with Gasteiger partial charge >= 0.3 is 5.97 Å². The van der Waals surface area contributed by atoms with Gasteiger partial charge in [0.1, 0.15) is 18.1 Å². The summed E-state index contributed by atoms with van der Waals surface area (Å²) in [5.41, 5.74) is 4.44. The molecule has 0 bridgehead atoms. The molecule has 2 heterocycles. The fraction of sp³-hybridized carbons (Fsp3) is 0.320. The molecule has 1 fully saturated rings. The quantitative estimate of drug-likeness (QED) is 0.255. The maximum Gasteiger partial charge on any atom is 0.307 e. The van der Waals surface area contributed by atoms with E-state index in [9.17, 15) is 4.79 Å². The minimum absolute atomic E-state index is 0.0266. The molecule has 1 N–H and O–H groups in total. The number of hydrogen-bond acceptors (Lipinski definition) is 7. The smallest absolute Gasteiger partial charge is 0.307 e. The van der Waals surface area contributed by atoms with Crippen molar-refractivity contribution in [3.05, 3.63) is 77.6 Å². The second kappa shape index (κ2) is 11.7. The molecule has 8 nitrogen and oxygen atoms in total. The number of benzene rings is 2. The monoisotopic (exact) mass is 480 g/mol. The number of carbonyl (C=O) groups is 1. The van der Waals surface area contributed by atoms with Gasteiger partial charge in [0.05, 0.1) is 12.1 Å². The molecule has 0 unspecified atom stereocenters. The van der Waals surface area contributed by atoms with Gasteiger partial charge in [-0.15, -0.1) is 11.8 Å². The number of aliphatic carboxylic acids is 1. The highest BCUT2D eigenvalue weighted by Crippen LogP contribution is 2.22. The fourth-order valence-electron chi connectivity index (χ4n) is 3.67. The van der Waals surface area contributed by atoms with Gasteiger partial charge in [-0.05, 0) is 42.3 Å². The van der Waals surface area contributed by atoms with Crippen LogP contribution >= 0.6 is 11.8 Å². The Hall–Kier alpha value is -3.30. The molecule has 4 rings (SSSR count). The third-order valence-electron chi connectivity index (χ3n) is 5.51. The molecule has 178 valence electrons. The van der Waals surface area contributed by atoms with Crippen LogP contribution in [0.3, 0.4) is 0 Å². The number of nitrogens with zero attached hydrogens (tertiary/aromatic N) is 4. The van der Waals surface area contributed by atoms with Gasteiger partial charge in [-0.3, -0.25) is 9.69 Å². The number of hydrogen-bond donors (Lipinski definition) is 1. The van der Waals surface area contributed by atoms with Crippen molar-refractivity contribution >= 4 is 23.4 Å². The summed E-state index contributed by atoms with van der Waals surface area (Å²) in [6, 6.07) is 15.5. The van der Waals surface area contributed by atoms with Crippen molar-refractivity contribution in [1.82, 2.24) is 14.7 Å². The van der Waals surface area contributed by atoms with E-state index in [4.69, 9.17) is 14.7 Å². The Morgan fingerprint density at radius 2 is 2.03 bits per heavy atom. The number of rotatable bonds is 11. The molecule has 9 heteroatoms. The summed E-state index contributed by atoms with van der Waals surface area (Å²) in [4.78, 5) is 19.0. The lowest BCUT2D eigenvalue weighted by molar-refractivity contribution is -0.136. The van der Waals surface area contributed by atoms with E-state index in [1.807, 2.05) is 66.0 Å². The molecule has 1 aliphatic rings. The molecular weight excluding hydrogens is 452 g/mol. The van der Waals surface area contributed by atoms with E-state index in [1.165, 1.54) is 0 Å². The summed E-state index contributed by atoms with van der Waals surface area (Å²) in [5.74, 6) is 1.91. The molecule has 0 spiro atoms. The van der Waals surface area contributed by atoms with Crippen molar-refractivity contribution < 1.29 is 19.5 Å². The van der Waals surface area contributed by atoms with Crippen LogP contribution in [0.1, 0.15) is 16.7 Å². The summed E-state index contributed by atoms with van der Waals surface area (Å²) in [6.07, 6.45) is 3.64. The van der Waals surface area contributed by atoms with Crippen LogP contribution in [0.15, 0.2) is 66.1 Å². The van der Waals surface area contributed by atoms with Crippen LogP contribution in [0.2, 0.25) is 0 Å². The lowest BCUT2D eigenvalue weighted by Gasteiger charge is -2.16. The van der Waals surface area contributed by atoms with E-state index < -0.39 is 5.97 Å². The Labute approximate surface area is 203 Å². The van der Waals surface area contributed by atoms with E-state index in [0.29, 0.717) is 18.9 Å². The zero-order chi connectivity index (χ0) is 23.8. The van der Waals surface area contributed by atoms with E-state index in [1.54, 1.807) is 18.3 Å². The van der Waals surface area contributed by atoms with Crippen molar-refractivity contribution in [2.75, 3.05) is 37.9 Å². The molecule has 0 aliphatic carbocycles. The van der Waals surface area contributed by atoms with Gasteiger partial charge < -0.3 is 14.7 Å². The number of carboxylic acid groups (broad SMARTS) is 1. The van der Waals surface area contributed by atoms with Crippen molar-refractivity contribution in [1.29, 1.82) is 0 Å². The normalized spacial score (nSPS) is 14.3. The zero-order valence-electron chi connectivity index (χ0n) is 19.1. The molecule has 3 aromatic rings. The SMILES string of the molecule is Cc1c(CC(=O)O)cccc1OCCON=C(CN1CCSC1)c1ccc(-n2cccn2)cc1. The average molecular weight is 481 g/mol. The van der Waals surface area contributed by atoms with Crippen molar-refractivity contribution in [2.24, 2.45) is 5.16 Å². The average Bonchev–Trinajstić information content (AvgIpc) is 3.55. The Bertz CT molecular complexity index is 1110. The number of thioether (sulfide) groups is 1. The maximum absolute atomic E-state index is 11.0. The lowest BCUT2D eigenvalue weighted by atomic mass is 10.1. The summed E-state index contributed by atoms with van der Waals surface area (Å²) >= 11 is 1.92. The Balaban J connectivity index is 1.38. The minimum atomic E-state index is -0.862. The summed E-state index contributed by atoms with van der Waals surface area (Å²) in [6.45, 7) is 4.21. The fourth-order valence-corrected chi connectivity index (χ4v) is 4.67. The summed E-state index contributed by atoms with van der Waals surface area (Å²) in [5, 5.41) is 17.8. The van der Waals surface area contributed by atoms with Gasteiger partial charge in [0.2, 0.25) is 0 Å². The third kappa shape index (κ3) is 6.39. The molecule has 1 saturated heterocycles. The van der Waals surface area contributed by atoms with Gasteiger partial charge in [0, 0.05) is 42.7 Å². The first-order chi connectivity index (χ1) is 16.6. The van der Waals surface area contributed by atoms with Crippen molar-refractivity contribution in [2.45, 2.75) is 13.3 Å². The number of ether oxygens (including phenoxy) is 1. The van der Waals surface area contributed by atoms with Gasteiger partial charge in [-0.1, -0.05) is 29.4 Å². The first kappa shape index (κ1) is 23.8. The minimum Gasteiger partial charge on any atom is -0.490 e. The topological polar surface area (TPSA) is 89.2 Å². The Kier molecular flexibility index (Phi) is 8.21. The first-order valence-corrected chi connectivity index (χ1v) is 12.3. The highest BCUT2D eigenvalue weighted by Gasteiger charge is 2.16. The van der Waals surface area contributed by atoms with E-state index >= 15 is 0 Å². The summed E-state index contributed by atoms with van der Waals surface area (Å²) < 4.78 is 7.64. The predicted molar refractivity (Wildman–Crippen MR) is 133 cm³/mol. The third-order valence-corrected chi connectivity index (χ3v) is 6.53. The maximum atomic E-state index is 11.0. The van der Waals surface area contributed by atoms with E-state index in [2.05, 4.69) is 15.2 Å². The predicted octanol–water partition coefficient (Wildman–Crippen LogP) is 3.61. The first-order valence-electron chi connectivity index (χ1n) is 11.1. The zero-order valence-corrected chi connectivity index (χ0v) is 19.9. The second-order valence-electron chi connectivity index (χ2n) is 7.92. The second-order valence-corrected chi connectivity index (χ2v) is 8.99. The van der Waals surface area contributed by atoms with Crippen LogP contribution in [0.4, 0.5) is 0 Å². The molecule has 0 radical (unpaired) electrons. The van der Waals surface area contributed by atoms with Crippen LogP contribution in [0, 0.1) is 6.92 Å². The van der Waals surface area contributed by atoms with Crippen molar-refractivity contribution in [3.63, 3.8) is 0 Å². The van der Waals surface area contributed by atoms with Crippen LogP contribution in [0.25, 0.3) is 5.69 Å². The van der Waals surface area contributed by atoms with Crippen molar-refractivity contribution in [3.8, 4) is 11.4 Å². The molecular formula is C25H28N4O4S. The number of carboxylic acids is 1. The van der Waals surface area contributed by atoms with Gasteiger partial charge in [-0.25, -0.2) is 4.68 Å². The van der Waals surface area contributed by atoms with Gasteiger partial charge in [0.25, 0.3) is 0 Å². The molecule has 1 aromatic heterocycles. The van der Waals surface area contributed by atoms with Crippen LogP contribution in [-0.4, -0.2) is 69.4 Å².